The minimum atomic E-state index is -0.449. The number of aromatic amines is 1. The molecular formula is C20H19N5O3. The van der Waals surface area contributed by atoms with E-state index in [0.717, 1.165) is 18.8 Å². The van der Waals surface area contributed by atoms with Crippen molar-refractivity contribution in [2.75, 3.05) is 31.1 Å². The van der Waals surface area contributed by atoms with Crippen molar-refractivity contribution >= 4 is 17.3 Å². The third kappa shape index (κ3) is 3.44. The first-order valence-electron chi connectivity index (χ1n) is 9.01. The van der Waals surface area contributed by atoms with Gasteiger partial charge in [-0.15, -0.1) is 0 Å². The number of rotatable bonds is 4. The molecule has 1 aromatic heterocycles. The SMILES string of the molecule is O=C(c1cn[nH]c1-c1ccc([N+](=O)[O-])cc1)N1CCN(c2ccccc2)CC1. The molecular weight excluding hydrogens is 358 g/mol. The zero-order valence-electron chi connectivity index (χ0n) is 15.1. The number of amides is 1. The van der Waals surface area contributed by atoms with Gasteiger partial charge < -0.3 is 9.80 Å². The zero-order chi connectivity index (χ0) is 19.5. The van der Waals surface area contributed by atoms with Crippen LogP contribution in [-0.4, -0.2) is 52.1 Å². The number of anilines is 1. The van der Waals surface area contributed by atoms with Crippen LogP contribution >= 0.6 is 0 Å². The molecule has 0 unspecified atom stereocenters. The van der Waals surface area contributed by atoms with E-state index in [-0.39, 0.29) is 11.6 Å². The summed E-state index contributed by atoms with van der Waals surface area (Å²) in [6.45, 7) is 2.78. The summed E-state index contributed by atoms with van der Waals surface area (Å²) >= 11 is 0. The minimum Gasteiger partial charge on any atom is -0.368 e. The lowest BCUT2D eigenvalue weighted by Crippen LogP contribution is -2.48. The van der Waals surface area contributed by atoms with E-state index in [0.29, 0.717) is 29.9 Å². The highest BCUT2D eigenvalue weighted by molar-refractivity contribution is 5.99. The van der Waals surface area contributed by atoms with E-state index in [4.69, 9.17) is 0 Å². The standard InChI is InChI=1S/C20H19N5O3/c26-20(24-12-10-23(11-13-24)16-4-2-1-3-5-16)18-14-21-22-19(18)15-6-8-17(9-7-15)25(27)28/h1-9,14H,10-13H2,(H,21,22). The Morgan fingerprint density at radius 2 is 1.68 bits per heavy atom. The molecule has 0 aliphatic carbocycles. The average Bonchev–Trinajstić information content (AvgIpc) is 3.24. The van der Waals surface area contributed by atoms with Gasteiger partial charge in [0.05, 0.1) is 22.4 Å². The largest absolute Gasteiger partial charge is 0.368 e. The summed E-state index contributed by atoms with van der Waals surface area (Å²) < 4.78 is 0. The third-order valence-corrected chi connectivity index (χ3v) is 4.92. The lowest BCUT2D eigenvalue weighted by atomic mass is 10.1. The number of hydrogen-bond donors (Lipinski definition) is 1. The van der Waals surface area contributed by atoms with Crippen LogP contribution < -0.4 is 4.90 Å². The molecule has 8 nitrogen and oxygen atoms in total. The first kappa shape index (κ1) is 17.7. The first-order chi connectivity index (χ1) is 13.6. The van der Waals surface area contributed by atoms with Gasteiger partial charge in [-0.05, 0) is 24.3 Å². The number of carbonyl (C=O) groups excluding carboxylic acids is 1. The molecule has 1 aliphatic heterocycles. The molecule has 0 saturated carbocycles. The second kappa shape index (κ2) is 7.51. The van der Waals surface area contributed by atoms with Gasteiger partial charge in [0.1, 0.15) is 0 Å². The van der Waals surface area contributed by atoms with Crippen molar-refractivity contribution in [2.45, 2.75) is 0 Å². The van der Waals surface area contributed by atoms with Gasteiger partial charge in [-0.3, -0.25) is 20.0 Å². The number of nitrogens with one attached hydrogen (secondary N) is 1. The Bertz CT molecular complexity index is 977. The van der Waals surface area contributed by atoms with Crippen molar-refractivity contribution in [2.24, 2.45) is 0 Å². The Hall–Kier alpha value is -3.68. The molecule has 3 aromatic rings. The molecule has 0 atom stereocenters. The molecule has 1 aliphatic rings. The number of para-hydroxylation sites is 1. The molecule has 8 heteroatoms. The summed E-state index contributed by atoms with van der Waals surface area (Å²) in [6, 6.07) is 16.2. The number of non-ortho nitro benzene ring substituents is 1. The summed E-state index contributed by atoms with van der Waals surface area (Å²) in [5.74, 6) is -0.0881. The molecule has 142 valence electrons. The predicted molar refractivity (Wildman–Crippen MR) is 105 cm³/mol. The summed E-state index contributed by atoms with van der Waals surface area (Å²) in [5.41, 5.74) is 2.90. The number of hydrogen-bond acceptors (Lipinski definition) is 5. The smallest absolute Gasteiger partial charge is 0.269 e. The van der Waals surface area contributed by atoms with E-state index >= 15 is 0 Å². The number of aromatic nitrogens is 2. The number of piperazine rings is 1. The van der Waals surface area contributed by atoms with E-state index in [1.165, 1.54) is 18.3 Å². The van der Waals surface area contributed by atoms with Crippen LogP contribution in [0.2, 0.25) is 0 Å². The van der Waals surface area contributed by atoms with Gasteiger partial charge in [0, 0.05) is 49.6 Å². The lowest BCUT2D eigenvalue weighted by Gasteiger charge is -2.36. The van der Waals surface area contributed by atoms with E-state index in [1.54, 1.807) is 12.1 Å². The monoisotopic (exact) mass is 377 g/mol. The minimum absolute atomic E-state index is 0.00757. The van der Waals surface area contributed by atoms with Crippen LogP contribution in [0.3, 0.4) is 0 Å². The number of carbonyl (C=O) groups is 1. The van der Waals surface area contributed by atoms with Gasteiger partial charge in [0.25, 0.3) is 11.6 Å². The summed E-state index contributed by atoms with van der Waals surface area (Å²) in [7, 11) is 0. The quantitative estimate of drug-likeness (QED) is 0.557. The molecule has 0 spiro atoms. The van der Waals surface area contributed by atoms with Crippen LogP contribution in [0, 0.1) is 10.1 Å². The molecule has 4 rings (SSSR count). The zero-order valence-corrected chi connectivity index (χ0v) is 15.1. The maximum Gasteiger partial charge on any atom is 0.269 e. The second-order valence-electron chi connectivity index (χ2n) is 6.58. The first-order valence-corrected chi connectivity index (χ1v) is 9.01. The van der Waals surface area contributed by atoms with E-state index in [9.17, 15) is 14.9 Å². The maximum atomic E-state index is 13.0. The lowest BCUT2D eigenvalue weighted by molar-refractivity contribution is -0.384. The fourth-order valence-corrected chi connectivity index (χ4v) is 3.40. The molecule has 28 heavy (non-hydrogen) atoms. The van der Waals surface area contributed by atoms with E-state index in [2.05, 4.69) is 27.2 Å². The van der Waals surface area contributed by atoms with Crippen LogP contribution in [-0.2, 0) is 0 Å². The Kier molecular flexibility index (Phi) is 4.76. The fraction of sp³-hybridized carbons (Fsp3) is 0.200. The Morgan fingerprint density at radius 1 is 1.00 bits per heavy atom. The Labute approximate surface area is 161 Å². The van der Waals surface area contributed by atoms with Gasteiger partial charge in [-0.1, -0.05) is 18.2 Å². The van der Waals surface area contributed by atoms with Crippen molar-refractivity contribution in [3.63, 3.8) is 0 Å². The second-order valence-corrected chi connectivity index (χ2v) is 6.58. The number of nitro groups is 1. The third-order valence-electron chi connectivity index (χ3n) is 4.92. The highest BCUT2D eigenvalue weighted by Gasteiger charge is 2.25. The van der Waals surface area contributed by atoms with E-state index in [1.807, 2.05) is 23.1 Å². The van der Waals surface area contributed by atoms with E-state index < -0.39 is 4.92 Å². The molecule has 1 amide bonds. The van der Waals surface area contributed by atoms with Crippen molar-refractivity contribution in [1.29, 1.82) is 0 Å². The molecule has 1 fully saturated rings. The van der Waals surface area contributed by atoms with Crippen molar-refractivity contribution in [3.05, 3.63) is 76.5 Å². The van der Waals surface area contributed by atoms with Crippen LogP contribution in [0.25, 0.3) is 11.3 Å². The highest BCUT2D eigenvalue weighted by atomic mass is 16.6. The van der Waals surface area contributed by atoms with Crippen LogP contribution in [0.4, 0.5) is 11.4 Å². The van der Waals surface area contributed by atoms with Gasteiger partial charge in [0.2, 0.25) is 0 Å². The average molecular weight is 377 g/mol. The Balaban J connectivity index is 1.48. The maximum absolute atomic E-state index is 13.0. The fourth-order valence-electron chi connectivity index (χ4n) is 3.40. The number of nitro benzene ring substituents is 1. The van der Waals surface area contributed by atoms with Crippen molar-refractivity contribution < 1.29 is 9.72 Å². The molecule has 0 bridgehead atoms. The van der Waals surface area contributed by atoms with Gasteiger partial charge in [0.15, 0.2) is 0 Å². The van der Waals surface area contributed by atoms with Crippen LogP contribution in [0.15, 0.2) is 60.8 Å². The van der Waals surface area contributed by atoms with Crippen molar-refractivity contribution in [3.8, 4) is 11.3 Å². The topological polar surface area (TPSA) is 95.4 Å². The summed E-state index contributed by atoms with van der Waals surface area (Å²) in [6.07, 6.45) is 1.52. The van der Waals surface area contributed by atoms with Crippen LogP contribution in [0.5, 0.6) is 0 Å². The Morgan fingerprint density at radius 3 is 2.32 bits per heavy atom. The number of nitrogens with zero attached hydrogens (tertiary/aromatic N) is 4. The van der Waals surface area contributed by atoms with Gasteiger partial charge in [-0.25, -0.2) is 0 Å². The van der Waals surface area contributed by atoms with Crippen LogP contribution in [0.1, 0.15) is 10.4 Å². The number of benzene rings is 2. The van der Waals surface area contributed by atoms with Gasteiger partial charge >= 0.3 is 0 Å². The highest BCUT2D eigenvalue weighted by Crippen LogP contribution is 2.25. The molecule has 0 radical (unpaired) electrons. The predicted octanol–water partition coefficient (Wildman–Crippen LogP) is 2.95. The molecule has 1 saturated heterocycles. The summed E-state index contributed by atoms with van der Waals surface area (Å²) in [4.78, 5) is 27.5. The molecule has 1 N–H and O–H groups in total. The van der Waals surface area contributed by atoms with Crippen molar-refractivity contribution in [1.82, 2.24) is 15.1 Å². The molecule has 2 heterocycles. The molecule has 2 aromatic carbocycles. The van der Waals surface area contributed by atoms with Gasteiger partial charge in [-0.2, -0.15) is 5.10 Å². The summed E-state index contributed by atoms with van der Waals surface area (Å²) in [5, 5.41) is 17.7. The number of H-pyrrole nitrogens is 1. The normalized spacial score (nSPS) is 14.1.